The van der Waals surface area contributed by atoms with Gasteiger partial charge in [0.1, 0.15) is 6.17 Å². The summed E-state index contributed by atoms with van der Waals surface area (Å²) >= 11 is 0. The second-order valence-electron chi connectivity index (χ2n) is 6.91. The molecule has 0 unspecified atom stereocenters. The van der Waals surface area contributed by atoms with Crippen molar-refractivity contribution >= 4 is 17.3 Å². The predicted molar refractivity (Wildman–Crippen MR) is 99.7 cm³/mol. The molecule has 4 nitrogen and oxygen atoms in total. The minimum Gasteiger partial charge on any atom is -0.466 e. The molecular formula is C21H22N2O2. The van der Waals surface area contributed by atoms with Crippen LogP contribution in [0.2, 0.25) is 0 Å². The number of ether oxygens (including phenoxy) is 1. The maximum atomic E-state index is 12.2. The van der Waals surface area contributed by atoms with Gasteiger partial charge in [-0.2, -0.15) is 0 Å². The monoisotopic (exact) mass is 334 g/mol. The first-order valence-corrected chi connectivity index (χ1v) is 8.49. The van der Waals surface area contributed by atoms with Gasteiger partial charge in [0.15, 0.2) is 0 Å². The van der Waals surface area contributed by atoms with Gasteiger partial charge in [-0.15, -0.1) is 0 Å². The lowest BCUT2D eigenvalue weighted by Gasteiger charge is -2.51. The number of aryl methyl sites for hydroxylation is 2. The third kappa shape index (κ3) is 2.40. The minimum atomic E-state index is -0.355. The van der Waals surface area contributed by atoms with Crippen LogP contribution in [0.3, 0.4) is 0 Å². The number of fused-ring (bicyclic) bond motifs is 6. The number of methoxy groups -OCH3 is 1. The second kappa shape index (κ2) is 5.66. The Bertz CT molecular complexity index is 828. The summed E-state index contributed by atoms with van der Waals surface area (Å²) in [5.74, 6) is -0.355. The molecule has 0 atom stereocenters. The van der Waals surface area contributed by atoms with Gasteiger partial charge >= 0.3 is 5.97 Å². The van der Waals surface area contributed by atoms with Gasteiger partial charge in [0.25, 0.3) is 0 Å². The van der Waals surface area contributed by atoms with E-state index < -0.39 is 0 Å². The van der Waals surface area contributed by atoms with Crippen molar-refractivity contribution in [2.24, 2.45) is 0 Å². The van der Waals surface area contributed by atoms with Gasteiger partial charge in [0.05, 0.1) is 12.7 Å². The molecule has 128 valence electrons. The molecule has 2 aliphatic heterocycles. The maximum Gasteiger partial charge on any atom is 0.337 e. The molecule has 2 bridgehead atoms. The average molecular weight is 334 g/mol. The molecule has 25 heavy (non-hydrogen) atoms. The van der Waals surface area contributed by atoms with Crippen molar-refractivity contribution in [1.29, 1.82) is 0 Å². The fourth-order valence-corrected chi connectivity index (χ4v) is 4.00. The number of rotatable bonds is 2. The molecule has 0 fully saturated rings. The zero-order valence-corrected chi connectivity index (χ0v) is 14.9. The van der Waals surface area contributed by atoms with Gasteiger partial charge in [-0.1, -0.05) is 42.0 Å². The predicted octanol–water partition coefficient (Wildman–Crippen LogP) is 3.70. The molecule has 0 aromatic heterocycles. The Labute approximate surface area is 148 Å². The van der Waals surface area contributed by atoms with Crippen molar-refractivity contribution in [3.63, 3.8) is 0 Å². The van der Waals surface area contributed by atoms with Crippen molar-refractivity contribution in [2.75, 3.05) is 16.9 Å². The van der Waals surface area contributed by atoms with E-state index in [0.717, 1.165) is 13.1 Å². The van der Waals surface area contributed by atoms with E-state index in [1.165, 1.54) is 40.7 Å². The molecule has 0 saturated heterocycles. The lowest BCUT2D eigenvalue weighted by atomic mass is 9.94. The molecule has 0 aliphatic carbocycles. The van der Waals surface area contributed by atoms with Gasteiger partial charge in [0, 0.05) is 24.5 Å². The summed E-state index contributed by atoms with van der Waals surface area (Å²) in [6.07, 6.45) is -0.210. The molecule has 2 heterocycles. The van der Waals surface area contributed by atoms with Crippen molar-refractivity contribution in [3.05, 3.63) is 70.8 Å². The van der Waals surface area contributed by atoms with E-state index in [-0.39, 0.29) is 12.1 Å². The Hall–Kier alpha value is -2.75. The van der Waals surface area contributed by atoms with Crippen molar-refractivity contribution < 1.29 is 9.53 Å². The Morgan fingerprint density at radius 1 is 1.00 bits per heavy atom. The summed E-state index contributed by atoms with van der Waals surface area (Å²) in [5, 5.41) is 0. The number of hydrogen-bond donors (Lipinski definition) is 0. The third-order valence-corrected chi connectivity index (χ3v) is 5.12. The Morgan fingerprint density at radius 3 is 1.92 bits per heavy atom. The average Bonchev–Trinajstić information content (AvgIpc) is 2.59. The Balaban J connectivity index is 1.88. The first-order chi connectivity index (χ1) is 12.0. The van der Waals surface area contributed by atoms with Crippen molar-refractivity contribution in [1.82, 2.24) is 0 Å². The highest BCUT2D eigenvalue weighted by atomic mass is 16.5. The molecule has 2 aromatic carbocycles. The number of nitrogens with zero attached hydrogens (tertiary/aromatic N) is 2. The van der Waals surface area contributed by atoms with E-state index in [4.69, 9.17) is 4.74 Å². The maximum absolute atomic E-state index is 12.2. The molecule has 0 saturated carbocycles. The van der Waals surface area contributed by atoms with Crippen LogP contribution in [0, 0.1) is 13.8 Å². The largest absolute Gasteiger partial charge is 0.466 e. The fourth-order valence-electron chi connectivity index (χ4n) is 4.00. The van der Waals surface area contributed by atoms with Gasteiger partial charge in [-0.3, -0.25) is 0 Å². The topological polar surface area (TPSA) is 32.8 Å². The minimum absolute atomic E-state index is 0.210. The quantitative estimate of drug-likeness (QED) is 0.619. The summed E-state index contributed by atoms with van der Waals surface area (Å²) in [4.78, 5) is 16.7. The van der Waals surface area contributed by atoms with E-state index in [2.05, 4.69) is 66.6 Å². The van der Waals surface area contributed by atoms with E-state index >= 15 is 0 Å². The van der Waals surface area contributed by atoms with Crippen LogP contribution in [-0.2, 0) is 22.6 Å². The molecule has 0 N–H and O–H groups in total. The normalized spacial score (nSPS) is 15.5. The van der Waals surface area contributed by atoms with Crippen LogP contribution in [0.4, 0.5) is 11.4 Å². The Morgan fingerprint density at radius 2 is 1.48 bits per heavy atom. The second-order valence-corrected chi connectivity index (χ2v) is 6.91. The highest BCUT2D eigenvalue weighted by Crippen LogP contribution is 2.43. The molecule has 4 rings (SSSR count). The fraction of sp³-hybridized carbons (Fsp3) is 0.286. The van der Waals surface area contributed by atoms with E-state index in [1.54, 1.807) is 0 Å². The molecule has 2 aliphatic rings. The van der Waals surface area contributed by atoms with E-state index in [1.807, 2.05) is 0 Å². The summed E-state index contributed by atoms with van der Waals surface area (Å²) in [6, 6.07) is 13.0. The number of esters is 1. The van der Waals surface area contributed by atoms with Crippen molar-refractivity contribution in [3.8, 4) is 0 Å². The standard InChI is InChI=1S/C21H22N2O2/c1-13-5-7-18-16(9-13)11-22-19-8-6-14(2)10-17(19)12-23(18)20(22)15(3)21(24)25-4/h5-10,20H,3,11-12H2,1-2,4H3. The zero-order valence-electron chi connectivity index (χ0n) is 14.9. The summed E-state index contributed by atoms with van der Waals surface area (Å²) in [6.45, 7) is 9.78. The van der Waals surface area contributed by atoms with Crippen LogP contribution in [0.1, 0.15) is 22.3 Å². The molecular weight excluding hydrogens is 312 g/mol. The number of hydrogen-bond acceptors (Lipinski definition) is 4. The summed E-state index contributed by atoms with van der Waals surface area (Å²) < 4.78 is 4.95. The zero-order chi connectivity index (χ0) is 17.7. The van der Waals surface area contributed by atoms with Gasteiger partial charge < -0.3 is 14.5 Å². The third-order valence-electron chi connectivity index (χ3n) is 5.12. The highest BCUT2D eigenvalue weighted by Gasteiger charge is 2.41. The molecule has 0 spiro atoms. The first-order valence-electron chi connectivity index (χ1n) is 8.49. The molecule has 4 heteroatoms. The lowest BCUT2D eigenvalue weighted by molar-refractivity contribution is -0.136. The van der Waals surface area contributed by atoms with Crippen LogP contribution in [0.15, 0.2) is 48.6 Å². The van der Waals surface area contributed by atoms with E-state index in [9.17, 15) is 4.79 Å². The number of carbonyl (C=O) groups excluding carboxylic acids is 1. The van der Waals surface area contributed by atoms with Crippen LogP contribution in [-0.4, -0.2) is 19.2 Å². The number of anilines is 2. The Kier molecular flexibility index (Phi) is 3.57. The lowest BCUT2D eigenvalue weighted by Crippen LogP contribution is -2.57. The van der Waals surface area contributed by atoms with Gasteiger partial charge in [-0.25, -0.2) is 4.79 Å². The van der Waals surface area contributed by atoms with Gasteiger partial charge in [0.2, 0.25) is 0 Å². The smallest absolute Gasteiger partial charge is 0.337 e. The van der Waals surface area contributed by atoms with Crippen LogP contribution in [0.5, 0.6) is 0 Å². The van der Waals surface area contributed by atoms with E-state index in [0.29, 0.717) is 5.57 Å². The van der Waals surface area contributed by atoms with Crippen LogP contribution in [0.25, 0.3) is 0 Å². The highest BCUT2D eigenvalue weighted by molar-refractivity contribution is 5.92. The molecule has 0 amide bonds. The summed E-state index contributed by atoms with van der Waals surface area (Å²) in [7, 11) is 1.41. The summed E-state index contributed by atoms with van der Waals surface area (Å²) in [5.41, 5.74) is 7.86. The molecule has 2 aromatic rings. The molecule has 0 radical (unpaired) electrons. The van der Waals surface area contributed by atoms with Crippen molar-refractivity contribution in [2.45, 2.75) is 33.1 Å². The number of carbonyl (C=O) groups is 1. The SMILES string of the molecule is C=C(C(=O)OC)C1N2Cc3cc(C)ccc3N1Cc1cc(C)ccc12. The van der Waals surface area contributed by atoms with Gasteiger partial charge in [-0.05, 0) is 37.1 Å². The van der Waals surface area contributed by atoms with Crippen LogP contribution < -0.4 is 9.80 Å². The number of benzene rings is 2. The van der Waals surface area contributed by atoms with Crippen LogP contribution >= 0.6 is 0 Å². The first kappa shape index (κ1) is 15.8.